The lowest BCUT2D eigenvalue weighted by molar-refractivity contribution is -0.149. The van der Waals surface area contributed by atoms with Crippen LogP contribution >= 0.6 is 0 Å². The maximum Gasteiger partial charge on any atom is 0.328 e. The fraction of sp³-hybridized carbons (Fsp3) is 0.526. The lowest BCUT2D eigenvalue weighted by atomic mass is 9.99. The van der Waals surface area contributed by atoms with Crippen LogP contribution in [-0.2, 0) is 14.3 Å². The van der Waals surface area contributed by atoms with Gasteiger partial charge in [0.05, 0.1) is 6.61 Å². The molecule has 6 heteroatoms. The SMILES string of the molecule is CCOC(=O)[C@H](NC(=O)C[C@@H](C)NC(=O)c1ccccc1)[C@@H](C)CC. The van der Waals surface area contributed by atoms with Crippen LogP contribution in [0.4, 0.5) is 0 Å². The van der Waals surface area contributed by atoms with Gasteiger partial charge in [-0.3, -0.25) is 9.59 Å². The molecule has 0 spiro atoms. The molecule has 0 fully saturated rings. The predicted molar refractivity (Wildman–Crippen MR) is 96.0 cm³/mol. The Labute approximate surface area is 149 Å². The van der Waals surface area contributed by atoms with Gasteiger partial charge in [0.15, 0.2) is 0 Å². The minimum atomic E-state index is -0.672. The molecule has 0 aliphatic heterocycles. The van der Waals surface area contributed by atoms with Gasteiger partial charge in [0.2, 0.25) is 5.91 Å². The van der Waals surface area contributed by atoms with Crippen molar-refractivity contribution in [3.05, 3.63) is 35.9 Å². The Kier molecular flexibility index (Phi) is 8.67. The van der Waals surface area contributed by atoms with Crippen LogP contribution in [0, 0.1) is 5.92 Å². The average Bonchev–Trinajstić information content (AvgIpc) is 2.59. The number of esters is 1. The van der Waals surface area contributed by atoms with E-state index in [1.807, 2.05) is 19.9 Å². The Balaban J connectivity index is 2.57. The number of hydrogen-bond donors (Lipinski definition) is 2. The Morgan fingerprint density at radius 3 is 2.24 bits per heavy atom. The third kappa shape index (κ3) is 6.95. The molecule has 0 aromatic heterocycles. The number of carbonyl (C=O) groups excluding carboxylic acids is 3. The first-order valence-corrected chi connectivity index (χ1v) is 8.70. The smallest absolute Gasteiger partial charge is 0.328 e. The molecular formula is C19H28N2O4. The van der Waals surface area contributed by atoms with E-state index in [1.54, 1.807) is 38.1 Å². The second-order valence-corrected chi connectivity index (χ2v) is 6.13. The van der Waals surface area contributed by atoms with Gasteiger partial charge >= 0.3 is 5.97 Å². The van der Waals surface area contributed by atoms with Crippen molar-refractivity contribution in [1.82, 2.24) is 10.6 Å². The van der Waals surface area contributed by atoms with Crippen molar-refractivity contribution >= 4 is 17.8 Å². The molecule has 1 rings (SSSR count). The molecule has 2 amide bonds. The molecule has 0 radical (unpaired) electrons. The molecule has 0 unspecified atom stereocenters. The predicted octanol–water partition coefficient (Wildman–Crippen LogP) is 2.29. The summed E-state index contributed by atoms with van der Waals surface area (Å²) in [5.74, 6) is -0.979. The molecule has 1 aromatic rings. The molecule has 0 aliphatic rings. The zero-order valence-corrected chi connectivity index (χ0v) is 15.4. The van der Waals surface area contributed by atoms with E-state index in [2.05, 4.69) is 10.6 Å². The minimum Gasteiger partial charge on any atom is -0.464 e. The average molecular weight is 348 g/mol. The highest BCUT2D eigenvalue weighted by molar-refractivity contribution is 5.94. The number of carbonyl (C=O) groups is 3. The van der Waals surface area contributed by atoms with Gasteiger partial charge in [-0.1, -0.05) is 38.5 Å². The van der Waals surface area contributed by atoms with Crippen molar-refractivity contribution in [3.8, 4) is 0 Å². The number of nitrogens with one attached hydrogen (secondary N) is 2. The summed E-state index contributed by atoms with van der Waals surface area (Å²) in [5.41, 5.74) is 0.541. The van der Waals surface area contributed by atoms with Crippen LogP contribution in [0.5, 0.6) is 0 Å². The monoisotopic (exact) mass is 348 g/mol. The zero-order chi connectivity index (χ0) is 18.8. The summed E-state index contributed by atoms with van der Waals surface area (Å²) in [5, 5.41) is 5.51. The highest BCUT2D eigenvalue weighted by atomic mass is 16.5. The van der Waals surface area contributed by atoms with Crippen molar-refractivity contribution in [2.45, 2.75) is 52.6 Å². The van der Waals surface area contributed by atoms with Gasteiger partial charge in [-0.2, -0.15) is 0 Å². The summed E-state index contributed by atoms with van der Waals surface area (Å²) in [7, 11) is 0. The van der Waals surface area contributed by atoms with Gasteiger partial charge in [0.25, 0.3) is 5.91 Å². The normalized spacial score (nSPS) is 14.1. The quantitative estimate of drug-likeness (QED) is 0.671. The first-order valence-electron chi connectivity index (χ1n) is 8.70. The van der Waals surface area contributed by atoms with Crippen LogP contribution in [0.1, 0.15) is 50.9 Å². The van der Waals surface area contributed by atoms with Crippen LogP contribution in [-0.4, -0.2) is 36.5 Å². The van der Waals surface area contributed by atoms with Crippen molar-refractivity contribution in [1.29, 1.82) is 0 Å². The molecule has 0 heterocycles. The number of hydrogen-bond acceptors (Lipinski definition) is 4. The first kappa shape index (κ1) is 20.7. The van der Waals surface area contributed by atoms with Crippen molar-refractivity contribution in [2.75, 3.05) is 6.61 Å². The summed E-state index contributed by atoms with van der Waals surface area (Å²) >= 11 is 0. The number of benzene rings is 1. The first-order chi connectivity index (χ1) is 11.9. The Morgan fingerprint density at radius 1 is 1.04 bits per heavy atom. The van der Waals surface area contributed by atoms with E-state index in [0.29, 0.717) is 5.56 Å². The van der Waals surface area contributed by atoms with E-state index in [1.165, 1.54) is 0 Å². The summed E-state index contributed by atoms with van der Waals surface area (Å²) in [6.45, 7) is 7.59. The van der Waals surface area contributed by atoms with Crippen LogP contribution < -0.4 is 10.6 Å². The molecule has 0 bridgehead atoms. The molecule has 0 saturated carbocycles. The molecule has 3 atom stereocenters. The molecule has 138 valence electrons. The molecule has 1 aromatic carbocycles. The standard InChI is InChI=1S/C19H28N2O4/c1-5-13(3)17(19(24)25-6-2)21-16(22)12-14(4)20-18(23)15-10-8-7-9-11-15/h7-11,13-14,17H,5-6,12H2,1-4H3,(H,20,23)(H,21,22)/t13-,14+,17+/m0/s1. The van der Waals surface area contributed by atoms with Crippen LogP contribution in [0.25, 0.3) is 0 Å². The summed E-state index contributed by atoms with van der Waals surface area (Å²) in [6.07, 6.45) is 0.828. The maximum absolute atomic E-state index is 12.2. The second kappa shape index (κ2) is 10.5. The van der Waals surface area contributed by atoms with Crippen LogP contribution in [0.3, 0.4) is 0 Å². The Morgan fingerprint density at radius 2 is 1.68 bits per heavy atom. The molecule has 25 heavy (non-hydrogen) atoms. The number of ether oxygens (including phenoxy) is 1. The fourth-order valence-corrected chi connectivity index (χ4v) is 2.36. The largest absolute Gasteiger partial charge is 0.464 e. The summed E-state index contributed by atoms with van der Waals surface area (Å²) in [6, 6.07) is 7.79. The van der Waals surface area contributed by atoms with E-state index in [0.717, 1.165) is 6.42 Å². The highest BCUT2D eigenvalue weighted by Crippen LogP contribution is 2.10. The lowest BCUT2D eigenvalue weighted by Gasteiger charge is -2.23. The van der Waals surface area contributed by atoms with E-state index < -0.39 is 12.0 Å². The van der Waals surface area contributed by atoms with Gasteiger partial charge in [0.1, 0.15) is 6.04 Å². The Hall–Kier alpha value is -2.37. The molecular weight excluding hydrogens is 320 g/mol. The maximum atomic E-state index is 12.2. The van der Waals surface area contributed by atoms with Crippen molar-refractivity contribution < 1.29 is 19.1 Å². The van der Waals surface area contributed by atoms with Gasteiger partial charge in [-0.25, -0.2) is 4.79 Å². The highest BCUT2D eigenvalue weighted by Gasteiger charge is 2.27. The summed E-state index contributed by atoms with van der Waals surface area (Å²) in [4.78, 5) is 36.4. The van der Waals surface area contributed by atoms with Crippen molar-refractivity contribution in [2.24, 2.45) is 5.92 Å². The lowest BCUT2D eigenvalue weighted by Crippen LogP contribution is -2.47. The van der Waals surface area contributed by atoms with Gasteiger partial charge in [-0.05, 0) is 31.9 Å². The molecule has 6 nitrogen and oxygen atoms in total. The van der Waals surface area contributed by atoms with E-state index in [4.69, 9.17) is 4.74 Å². The van der Waals surface area contributed by atoms with E-state index in [-0.39, 0.29) is 36.8 Å². The van der Waals surface area contributed by atoms with Gasteiger partial charge in [0, 0.05) is 18.0 Å². The van der Waals surface area contributed by atoms with Crippen LogP contribution in [0.15, 0.2) is 30.3 Å². The number of rotatable bonds is 9. The third-order valence-corrected chi connectivity index (χ3v) is 3.98. The van der Waals surface area contributed by atoms with E-state index >= 15 is 0 Å². The fourth-order valence-electron chi connectivity index (χ4n) is 2.36. The minimum absolute atomic E-state index is 0.0304. The molecule has 0 aliphatic carbocycles. The summed E-state index contributed by atoms with van der Waals surface area (Å²) < 4.78 is 5.03. The van der Waals surface area contributed by atoms with Crippen LogP contribution in [0.2, 0.25) is 0 Å². The van der Waals surface area contributed by atoms with Crippen molar-refractivity contribution in [3.63, 3.8) is 0 Å². The third-order valence-electron chi connectivity index (χ3n) is 3.98. The van der Waals surface area contributed by atoms with E-state index in [9.17, 15) is 14.4 Å². The zero-order valence-electron chi connectivity index (χ0n) is 15.4. The van der Waals surface area contributed by atoms with Gasteiger partial charge < -0.3 is 15.4 Å². The van der Waals surface area contributed by atoms with Gasteiger partial charge in [-0.15, -0.1) is 0 Å². The topological polar surface area (TPSA) is 84.5 Å². The second-order valence-electron chi connectivity index (χ2n) is 6.13. The molecule has 0 saturated heterocycles. The number of amides is 2. The Bertz CT molecular complexity index is 574. The molecule has 2 N–H and O–H groups in total.